The van der Waals surface area contributed by atoms with Crippen LogP contribution in [0.15, 0.2) is 12.4 Å². The molecule has 0 radical (unpaired) electrons. The Morgan fingerprint density at radius 1 is 1.00 bits per heavy atom. The Morgan fingerprint density at radius 2 is 1.68 bits per heavy atom. The molecule has 3 fully saturated rings. The number of aliphatic hydroxyl groups excluding tert-OH is 1. The van der Waals surface area contributed by atoms with Crippen molar-refractivity contribution < 1.29 is 14.6 Å². The second kappa shape index (κ2) is 9.93. The molecule has 37 heavy (non-hydrogen) atoms. The van der Waals surface area contributed by atoms with Crippen LogP contribution >= 0.6 is 0 Å². The van der Waals surface area contributed by atoms with E-state index < -0.39 is 0 Å². The maximum atomic E-state index is 10.1. The van der Waals surface area contributed by atoms with E-state index in [2.05, 4.69) is 49.8 Å². The number of ether oxygens (including phenoxy) is 2. The van der Waals surface area contributed by atoms with E-state index in [-0.39, 0.29) is 28.8 Å². The third-order valence-corrected chi connectivity index (χ3v) is 8.88. The molecule has 8 heteroatoms. The van der Waals surface area contributed by atoms with Crippen LogP contribution in [-0.4, -0.2) is 74.0 Å². The molecule has 2 N–H and O–H groups in total. The first-order valence-electron chi connectivity index (χ1n) is 14.0. The molecular weight excluding hydrogens is 466 g/mol. The van der Waals surface area contributed by atoms with Gasteiger partial charge in [-0.15, -0.1) is 0 Å². The summed E-state index contributed by atoms with van der Waals surface area (Å²) < 4.78 is 12.1. The van der Waals surface area contributed by atoms with Crippen LogP contribution in [-0.2, 0) is 4.74 Å². The number of pyridine rings is 1. The van der Waals surface area contributed by atoms with Gasteiger partial charge in [0.05, 0.1) is 23.6 Å². The molecule has 2 aromatic heterocycles. The molecule has 2 aliphatic carbocycles. The molecule has 2 aromatic rings. The Kier molecular flexibility index (Phi) is 7.13. The molecule has 204 valence electrons. The van der Waals surface area contributed by atoms with Crippen molar-refractivity contribution in [3.8, 4) is 5.88 Å². The minimum Gasteiger partial charge on any atom is -0.474 e. The van der Waals surface area contributed by atoms with Gasteiger partial charge in [-0.1, -0.05) is 0 Å². The number of nitrogens with zero attached hydrogens (tertiary/aromatic N) is 4. The Morgan fingerprint density at radius 3 is 2.30 bits per heavy atom. The Balaban J connectivity index is 1.45. The zero-order valence-electron chi connectivity index (χ0n) is 23.5. The van der Waals surface area contributed by atoms with E-state index in [1.54, 1.807) is 7.11 Å². The number of rotatable bonds is 8. The van der Waals surface area contributed by atoms with Crippen molar-refractivity contribution in [2.75, 3.05) is 25.6 Å². The summed E-state index contributed by atoms with van der Waals surface area (Å²) in [5, 5.41) is 14.5. The van der Waals surface area contributed by atoms with E-state index in [1.807, 2.05) is 12.4 Å². The zero-order valence-corrected chi connectivity index (χ0v) is 23.5. The number of likely N-dealkylation sites (tertiary alicyclic amines) is 1. The van der Waals surface area contributed by atoms with Crippen molar-refractivity contribution in [3.63, 3.8) is 0 Å². The molecule has 1 saturated heterocycles. The van der Waals surface area contributed by atoms with Crippen LogP contribution in [0, 0.1) is 0 Å². The van der Waals surface area contributed by atoms with Gasteiger partial charge >= 0.3 is 0 Å². The van der Waals surface area contributed by atoms with Gasteiger partial charge in [-0.3, -0.25) is 4.90 Å². The van der Waals surface area contributed by atoms with Gasteiger partial charge in [-0.2, -0.15) is 0 Å². The van der Waals surface area contributed by atoms with Crippen molar-refractivity contribution in [1.29, 1.82) is 0 Å². The lowest BCUT2D eigenvalue weighted by Gasteiger charge is -2.55. The lowest BCUT2D eigenvalue weighted by Crippen LogP contribution is -2.63. The second-order valence-electron chi connectivity index (χ2n) is 13.1. The van der Waals surface area contributed by atoms with Crippen LogP contribution in [0.4, 0.5) is 5.95 Å². The summed E-state index contributed by atoms with van der Waals surface area (Å²) in [5.41, 5.74) is 2.12. The van der Waals surface area contributed by atoms with Crippen LogP contribution in [0.25, 0.3) is 10.9 Å². The minimum absolute atomic E-state index is 0.0308. The molecule has 0 unspecified atom stereocenters. The SMILES string of the molecule is COCCN1C(C)(C)CC(Oc2ncc(C3CCC(O)CC3)c3nc(NC4(C)CC4)ncc23)CC1(C)C. The fourth-order valence-corrected chi connectivity index (χ4v) is 6.69. The molecule has 0 amide bonds. The van der Waals surface area contributed by atoms with Crippen LogP contribution < -0.4 is 10.1 Å². The van der Waals surface area contributed by atoms with Gasteiger partial charge in [0.15, 0.2) is 0 Å². The highest BCUT2D eigenvalue weighted by Gasteiger charge is 2.46. The van der Waals surface area contributed by atoms with Gasteiger partial charge < -0.3 is 19.9 Å². The van der Waals surface area contributed by atoms with Crippen molar-refractivity contribution in [1.82, 2.24) is 19.9 Å². The molecule has 1 aliphatic heterocycles. The highest BCUT2D eigenvalue weighted by atomic mass is 16.5. The van der Waals surface area contributed by atoms with Gasteiger partial charge in [-0.05, 0) is 79.1 Å². The first-order valence-corrected chi connectivity index (χ1v) is 14.0. The van der Waals surface area contributed by atoms with Crippen molar-refractivity contribution in [2.45, 2.75) is 121 Å². The fourth-order valence-electron chi connectivity index (χ4n) is 6.69. The average Bonchev–Trinajstić information content (AvgIpc) is 3.55. The number of nitrogens with one attached hydrogen (secondary N) is 1. The number of hydrogen-bond donors (Lipinski definition) is 2. The van der Waals surface area contributed by atoms with Crippen LogP contribution in [0.2, 0.25) is 0 Å². The Labute approximate surface area is 221 Å². The Hall–Kier alpha value is -2.03. The normalized spacial score (nSPS) is 27.2. The number of hydrogen-bond acceptors (Lipinski definition) is 8. The van der Waals surface area contributed by atoms with E-state index in [0.717, 1.165) is 81.0 Å². The van der Waals surface area contributed by atoms with Gasteiger partial charge in [0.25, 0.3) is 0 Å². The predicted octanol–water partition coefficient (Wildman–Crippen LogP) is 5.05. The molecule has 8 nitrogen and oxygen atoms in total. The fraction of sp³-hybridized carbons (Fsp3) is 0.759. The Bertz CT molecular complexity index is 1090. The molecule has 2 saturated carbocycles. The minimum atomic E-state index is -0.193. The average molecular weight is 512 g/mol. The molecule has 0 aromatic carbocycles. The summed E-state index contributed by atoms with van der Waals surface area (Å²) in [6.07, 6.45) is 11.4. The molecule has 0 spiro atoms. The van der Waals surface area contributed by atoms with Gasteiger partial charge in [0.2, 0.25) is 11.8 Å². The van der Waals surface area contributed by atoms with E-state index in [9.17, 15) is 5.11 Å². The highest BCUT2D eigenvalue weighted by molar-refractivity contribution is 5.86. The van der Waals surface area contributed by atoms with Crippen molar-refractivity contribution in [3.05, 3.63) is 18.0 Å². The van der Waals surface area contributed by atoms with Gasteiger partial charge in [0.1, 0.15) is 6.10 Å². The van der Waals surface area contributed by atoms with Crippen molar-refractivity contribution >= 4 is 16.9 Å². The maximum Gasteiger partial charge on any atom is 0.224 e. The standard InChI is InChI=1S/C29H45N5O3/c1-27(2)15-21(16-28(3,4)34(27)13-14-36-6)37-25-23-18-31-26(33-29(5)11-12-29)32-24(23)22(17-30-25)19-7-9-20(35)10-8-19/h17-21,35H,7-16H2,1-6H3,(H,31,32,33). The number of methoxy groups -OCH3 is 1. The maximum absolute atomic E-state index is 10.1. The summed E-state index contributed by atoms with van der Waals surface area (Å²) in [4.78, 5) is 17.1. The quantitative estimate of drug-likeness (QED) is 0.508. The third-order valence-electron chi connectivity index (χ3n) is 8.88. The van der Waals surface area contributed by atoms with E-state index in [4.69, 9.17) is 19.4 Å². The third kappa shape index (κ3) is 5.71. The van der Waals surface area contributed by atoms with Crippen molar-refractivity contribution in [2.24, 2.45) is 0 Å². The van der Waals surface area contributed by atoms with E-state index in [0.29, 0.717) is 17.7 Å². The zero-order chi connectivity index (χ0) is 26.4. The molecule has 5 rings (SSSR count). The molecule has 0 atom stereocenters. The van der Waals surface area contributed by atoms with E-state index >= 15 is 0 Å². The van der Waals surface area contributed by atoms with Gasteiger partial charge in [0, 0.05) is 61.1 Å². The number of piperidine rings is 1. The molecule has 0 bridgehead atoms. The van der Waals surface area contributed by atoms with Crippen LogP contribution in [0.5, 0.6) is 5.88 Å². The molecule has 3 heterocycles. The largest absolute Gasteiger partial charge is 0.474 e. The number of anilines is 1. The van der Waals surface area contributed by atoms with Gasteiger partial charge in [-0.25, -0.2) is 15.0 Å². The first kappa shape index (κ1) is 26.6. The van der Waals surface area contributed by atoms with Crippen LogP contribution in [0.1, 0.15) is 97.5 Å². The number of aliphatic hydroxyl groups is 1. The molecule has 3 aliphatic rings. The summed E-state index contributed by atoms with van der Waals surface area (Å²) >= 11 is 0. The van der Waals surface area contributed by atoms with Crippen LogP contribution in [0.3, 0.4) is 0 Å². The highest BCUT2D eigenvalue weighted by Crippen LogP contribution is 2.42. The summed E-state index contributed by atoms with van der Waals surface area (Å²) in [6, 6.07) is 0. The topological polar surface area (TPSA) is 92.6 Å². The lowest BCUT2D eigenvalue weighted by atomic mass is 9.78. The number of fused-ring (bicyclic) bond motifs is 1. The smallest absolute Gasteiger partial charge is 0.224 e. The summed E-state index contributed by atoms with van der Waals surface area (Å²) in [6.45, 7) is 13.0. The second-order valence-corrected chi connectivity index (χ2v) is 13.1. The first-order chi connectivity index (χ1) is 17.5. The predicted molar refractivity (Wildman–Crippen MR) is 146 cm³/mol. The summed E-state index contributed by atoms with van der Waals surface area (Å²) in [7, 11) is 1.76. The monoisotopic (exact) mass is 511 g/mol. The number of aromatic nitrogens is 3. The molecular formula is C29H45N5O3. The van der Waals surface area contributed by atoms with E-state index in [1.165, 1.54) is 0 Å². The summed E-state index contributed by atoms with van der Waals surface area (Å²) in [5.74, 6) is 1.64. The lowest BCUT2D eigenvalue weighted by molar-refractivity contribution is -0.0815.